The summed E-state index contributed by atoms with van der Waals surface area (Å²) in [5.74, 6) is 0. The topological polar surface area (TPSA) is 88.2 Å². The summed E-state index contributed by atoms with van der Waals surface area (Å²) >= 11 is 0. The van der Waals surface area contributed by atoms with E-state index in [1.165, 1.54) is 0 Å². The Hall–Kier alpha value is -2.56. The van der Waals surface area contributed by atoms with Crippen LogP contribution in [0.1, 0.15) is 0 Å². The molecule has 17 heavy (non-hydrogen) atoms. The molecule has 5 heteroatoms. The average Bonchev–Trinajstić information content (AvgIpc) is 2.32. The van der Waals surface area contributed by atoms with Crippen LogP contribution in [-0.2, 0) is 0 Å². The third kappa shape index (κ3) is 2.52. The number of rotatable bonds is 2. The number of nitrogens with two attached hydrogens (primary N) is 1. The summed E-state index contributed by atoms with van der Waals surface area (Å²) in [6.45, 7) is 0. The van der Waals surface area contributed by atoms with Crippen molar-refractivity contribution in [2.24, 2.45) is 0 Å². The van der Waals surface area contributed by atoms with Gasteiger partial charge in [0.2, 0.25) is 0 Å². The lowest BCUT2D eigenvalue weighted by molar-refractivity contribution is 0.210. The Kier molecular flexibility index (Phi) is 2.91. The molecule has 0 aliphatic rings. The predicted octanol–water partition coefficient (Wildman–Crippen LogP) is 2.42. The first-order chi connectivity index (χ1) is 8.16. The third-order valence-electron chi connectivity index (χ3n) is 2.29. The number of pyridine rings is 1. The minimum atomic E-state index is -1.13. The Morgan fingerprint density at radius 2 is 2.12 bits per heavy atom. The van der Waals surface area contributed by atoms with Gasteiger partial charge in [-0.3, -0.25) is 10.3 Å². The minimum absolute atomic E-state index is 0.380. The van der Waals surface area contributed by atoms with Crippen molar-refractivity contribution in [1.29, 1.82) is 0 Å². The van der Waals surface area contributed by atoms with Crippen LogP contribution in [0.2, 0.25) is 0 Å². The van der Waals surface area contributed by atoms with Crippen molar-refractivity contribution in [2.45, 2.75) is 0 Å². The van der Waals surface area contributed by atoms with Crippen molar-refractivity contribution in [3.63, 3.8) is 0 Å². The van der Waals surface area contributed by atoms with Gasteiger partial charge in [-0.25, -0.2) is 4.79 Å². The van der Waals surface area contributed by atoms with Crippen LogP contribution in [0.25, 0.3) is 11.1 Å². The minimum Gasteiger partial charge on any atom is -0.465 e. The van der Waals surface area contributed by atoms with Gasteiger partial charge in [-0.2, -0.15) is 0 Å². The molecule has 0 unspecified atom stereocenters. The highest BCUT2D eigenvalue weighted by molar-refractivity contribution is 5.89. The number of amides is 1. The maximum absolute atomic E-state index is 10.5. The van der Waals surface area contributed by atoms with Gasteiger partial charge in [0, 0.05) is 18.0 Å². The van der Waals surface area contributed by atoms with Crippen molar-refractivity contribution in [3.05, 3.63) is 42.7 Å². The van der Waals surface area contributed by atoms with Crippen molar-refractivity contribution >= 4 is 17.5 Å². The lowest BCUT2D eigenvalue weighted by Crippen LogP contribution is -2.09. The highest BCUT2D eigenvalue weighted by atomic mass is 16.4. The van der Waals surface area contributed by atoms with E-state index in [-0.39, 0.29) is 0 Å². The van der Waals surface area contributed by atoms with Gasteiger partial charge in [0.15, 0.2) is 0 Å². The Balaban J connectivity index is 2.34. The van der Waals surface area contributed by atoms with Gasteiger partial charge in [-0.05, 0) is 23.8 Å². The first-order valence-corrected chi connectivity index (χ1v) is 4.96. The van der Waals surface area contributed by atoms with E-state index in [2.05, 4.69) is 10.3 Å². The lowest BCUT2D eigenvalue weighted by atomic mass is 10.1. The van der Waals surface area contributed by atoms with E-state index < -0.39 is 6.09 Å². The monoisotopic (exact) mass is 229 g/mol. The molecule has 1 aromatic carbocycles. The van der Waals surface area contributed by atoms with Crippen LogP contribution in [-0.4, -0.2) is 16.2 Å². The van der Waals surface area contributed by atoms with E-state index >= 15 is 0 Å². The number of benzene rings is 1. The van der Waals surface area contributed by atoms with Crippen LogP contribution in [0.3, 0.4) is 0 Å². The fourth-order valence-electron chi connectivity index (χ4n) is 1.50. The summed E-state index contributed by atoms with van der Waals surface area (Å²) in [5.41, 5.74) is 8.35. The second-order valence-corrected chi connectivity index (χ2v) is 3.47. The van der Waals surface area contributed by atoms with Crippen LogP contribution < -0.4 is 11.1 Å². The number of carbonyl (C=O) groups is 1. The van der Waals surface area contributed by atoms with E-state index in [4.69, 9.17) is 10.8 Å². The number of aromatic nitrogens is 1. The molecule has 2 aromatic rings. The number of nitrogen functional groups attached to an aromatic ring is 1. The predicted molar refractivity (Wildman–Crippen MR) is 65.7 cm³/mol. The molecule has 0 aliphatic heterocycles. The largest absolute Gasteiger partial charge is 0.465 e. The van der Waals surface area contributed by atoms with E-state index in [1.807, 2.05) is 12.1 Å². The molecular weight excluding hydrogens is 218 g/mol. The Bertz CT molecular complexity index is 541. The normalized spacial score (nSPS) is 9.88. The molecule has 0 bridgehead atoms. The van der Waals surface area contributed by atoms with Gasteiger partial charge in [-0.1, -0.05) is 12.1 Å². The summed E-state index contributed by atoms with van der Waals surface area (Å²) in [7, 11) is 0. The molecule has 86 valence electrons. The number of anilines is 2. The average molecular weight is 229 g/mol. The van der Waals surface area contributed by atoms with Gasteiger partial charge in [0.05, 0.1) is 11.4 Å². The molecule has 0 saturated heterocycles. The molecule has 1 amide bonds. The number of nitrogens with zero attached hydrogens (tertiary/aromatic N) is 1. The molecule has 0 radical (unpaired) electrons. The second-order valence-electron chi connectivity index (χ2n) is 3.47. The molecule has 2 rings (SSSR count). The van der Waals surface area contributed by atoms with Gasteiger partial charge in [0.1, 0.15) is 0 Å². The molecule has 0 saturated carbocycles. The number of nitrogens with one attached hydrogen (secondary N) is 1. The summed E-state index contributed by atoms with van der Waals surface area (Å²) < 4.78 is 0. The number of hydrogen-bond acceptors (Lipinski definition) is 3. The first kappa shape index (κ1) is 10.9. The summed E-state index contributed by atoms with van der Waals surface area (Å²) in [6, 6.07) is 8.87. The molecule has 1 aromatic heterocycles. The number of hydrogen-bond donors (Lipinski definition) is 3. The standard InChI is InChI=1S/C12H11N3O2/c13-10-6-8(9-2-1-5-14-7-9)3-4-11(10)15-12(16)17/h1-7,15H,13H2,(H,16,17). The van der Waals surface area contributed by atoms with Gasteiger partial charge < -0.3 is 10.8 Å². The van der Waals surface area contributed by atoms with E-state index in [1.54, 1.807) is 30.6 Å². The molecule has 4 N–H and O–H groups in total. The van der Waals surface area contributed by atoms with Crippen molar-refractivity contribution in [1.82, 2.24) is 4.98 Å². The molecule has 0 aliphatic carbocycles. The zero-order valence-corrected chi connectivity index (χ0v) is 8.92. The van der Waals surface area contributed by atoms with Crippen molar-refractivity contribution in [2.75, 3.05) is 11.1 Å². The van der Waals surface area contributed by atoms with Crippen LogP contribution in [0.15, 0.2) is 42.7 Å². The molecule has 0 spiro atoms. The SMILES string of the molecule is Nc1cc(-c2cccnc2)ccc1NC(=O)O. The smallest absolute Gasteiger partial charge is 0.409 e. The maximum Gasteiger partial charge on any atom is 0.409 e. The molecule has 5 nitrogen and oxygen atoms in total. The summed E-state index contributed by atoms with van der Waals surface area (Å²) in [6.07, 6.45) is 2.28. The maximum atomic E-state index is 10.5. The molecule has 0 fully saturated rings. The molecular formula is C12H11N3O2. The van der Waals surface area contributed by atoms with Crippen LogP contribution in [0.4, 0.5) is 16.2 Å². The fraction of sp³-hybridized carbons (Fsp3) is 0. The Morgan fingerprint density at radius 3 is 2.71 bits per heavy atom. The molecule has 0 atom stereocenters. The van der Waals surface area contributed by atoms with E-state index in [0.29, 0.717) is 11.4 Å². The highest BCUT2D eigenvalue weighted by Gasteiger charge is 2.05. The zero-order chi connectivity index (χ0) is 12.3. The van der Waals surface area contributed by atoms with Crippen LogP contribution >= 0.6 is 0 Å². The Morgan fingerprint density at radius 1 is 1.29 bits per heavy atom. The van der Waals surface area contributed by atoms with Crippen LogP contribution in [0, 0.1) is 0 Å². The van der Waals surface area contributed by atoms with Gasteiger partial charge >= 0.3 is 6.09 Å². The van der Waals surface area contributed by atoms with Crippen LogP contribution in [0.5, 0.6) is 0 Å². The Labute approximate surface area is 97.9 Å². The summed E-state index contributed by atoms with van der Waals surface area (Å²) in [5, 5.41) is 10.8. The van der Waals surface area contributed by atoms with E-state index in [0.717, 1.165) is 11.1 Å². The van der Waals surface area contributed by atoms with Gasteiger partial charge in [-0.15, -0.1) is 0 Å². The van der Waals surface area contributed by atoms with Crippen molar-refractivity contribution in [3.8, 4) is 11.1 Å². The second kappa shape index (κ2) is 4.52. The van der Waals surface area contributed by atoms with Gasteiger partial charge in [0.25, 0.3) is 0 Å². The lowest BCUT2D eigenvalue weighted by Gasteiger charge is -2.07. The highest BCUT2D eigenvalue weighted by Crippen LogP contribution is 2.26. The number of carboxylic acid groups (broad SMARTS) is 1. The quantitative estimate of drug-likeness (QED) is 0.690. The first-order valence-electron chi connectivity index (χ1n) is 4.96. The zero-order valence-electron chi connectivity index (χ0n) is 8.92. The summed E-state index contributed by atoms with van der Waals surface area (Å²) in [4.78, 5) is 14.5. The van der Waals surface area contributed by atoms with E-state index in [9.17, 15) is 4.79 Å². The fourth-order valence-corrected chi connectivity index (χ4v) is 1.50. The third-order valence-corrected chi connectivity index (χ3v) is 2.29. The van der Waals surface area contributed by atoms with Crippen molar-refractivity contribution < 1.29 is 9.90 Å². The molecule has 1 heterocycles.